The maximum absolute atomic E-state index is 6.03. The molecule has 0 radical (unpaired) electrons. The molecule has 1 aromatic carbocycles. The molecule has 0 aliphatic rings. The third kappa shape index (κ3) is 1.51. The molecule has 1 unspecified atom stereocenters. The average Bonchev–Trinajstić information content (AvgIpc) is 2.59. The smallest absolute Gasteiger partial charge is 0.0659 e. The van der Waals surface area contributed by atoms with Crippen molar-refractivity contribution in [3.8, 4) is 0 Å². The summed E-state index contributed by atoms with van der Waals surface area (Å²) in [5, 5.41) is 1.84. The van der Waals surface area contributed by atoms with Gasteiger partial charge in [0, 0.05) is 17.1 Å². The molecule has 2 nitrogen and oxygen atoms in total. The summed E-state index contributed by atoms with van der Waals surface area (Å²) in [5.41, 5.74) is 7.93. The van der Waals surface area contributed by atoms with Crippen molar-refractivity contribution in [2.45, 2.75) is 12.8 Å². The molecule has 1 aromatic heterocycles. The molecule has 14 heavy (non-hydrogen) atoms. The second kappa shape index (κ2) is 3.64. The Hall–Kier alpha value is -0.990. The quantitative estimate of drug-likeness (QED) is 0.783. The Kier molecular flexibility index (Phi) is 2.48. The lowest BCUT2D eigenvalue weighted by molar-refractivity contribution is 0.775. The normalized spacial score (nSPS) is 13.4. The van der Waals surface area contributed by atoms with E-state index in [2.05, 4.69) is 24.0 Å². The molecule has 74 valence electrons. The van der Waals surface area contributed by atoms with Gasteiger partial charge in [0.1, 0.15) is 0 Å². The molecule has 0 bridgehead atoms. The van der Waals surface area contributed by atoms with Gasteiger partial charge in [0.2, 0.25) is 0 Å². The van der Waals surface area contributed by atoms with E-state index in [1.807, 2.05) is 12.3 Å². The van der Waals surface area contributed by atoms with Crippen molar-refractivity contribution in [2.75, 3.05) is 6.54 Å². The van der Waals surface area contributed by atoms with E-state index in [-0.39, 0.29) is 0 Å². The molecule has 1 atom stereocenters. The van der Waals surface area contributed by atoms with Crippen LogP contribution >= 0.6 is 11.6 Å². The van der Waals surface area contributed by atoms with Crippen LogP contribution in [0.15, 0.2) is 24.4 Å². The Morgan fingerprint density at radius 2 is 2.29 bits per heavy atom. The van der Waals surface area contributed by atoms with Crippen LogP contribution in [0, 0.1) is 0 Å². The van der Waals surface area contributed by atoms with Gasteiger partial charge in [-0.25, -0.2) is 0 Å². The van der Waals surface area contributed by atoms with Gasteiger partial charge in [0.15, 0.2) is 0 Å². The van der Waals surface area contributed by atoms with E-state index in [0.29, 0.717) is 12.5 Å². The molecular weight excluding hydrogens is 196 g/mol. The standard InChI is InChI=1S/C11H13ClN2/c1-7(5-13)8-2-3-11-9(4-8)10(12)6-14-11/h2-4,6-7,14H,5,13H2,1H3. The first kappa shape index (κ1) is 9.56. The second-order valence-corrected chi connectivity index (χ2v) is 3.99. The summed E-state index contributed by atoms with van der Waals surface area (Å²) < 4.78 is 0. The number of benzene rings is 1. The highest BCUT2D eigenvalue weighted by Crippen LogP contribution is 2.26. The first-order chi connectivity index (χ1) is 6.72. The highest BCUT2D eigenvalue weighted by Gasteiger charge is 2.06. The molecule has 3 N–H and O–H groups in total. The van der Waals surface area contributed by atoms with Gasteiger partial charge in [-0.15, -0.1) is 0 Å². The molecule has 0 saturated heterocycles. The number of aromatic nitrogens is 1. The van der Waals surface area contributed by atoms with E-state index in [0.717, 1.165) is 15.9 Å². The van der Waals surface area contributed by atoms with Crippen molar-refractivity contribution in [3.05, 3.63) is 35.0 Å². The monoisotopic (exact) mass is 208 g/mol. The Labute approximate surface area is 88.1 Å². The van der Waals surface area contributed by atoms with Gasteiger partial charge < -0.3 is 10.7 Å². The number of hydrogen-bond donors (Lipinski definition) is 2. The number of fused-ring (bicyclic) bond motifs is 1. The number of rotatable bonds is 2. The molecule has 0 amide bonds. The van der Waals surface area contributed by atoms with Crippen LogP contribution < -0.4 is 5.73 Å². The lowest BCUT2D eigenvalue weighted by Gasteiger charge is -2.08. The molecular formula is C11H13ClN2. The first-order valence-corrected chi connectivity index (χ1v) is 5.06. The second-order valence-electron chi connectivity index (χ2n) is 3.58. The fourth-order valence-corrected chi connectivity index (χ4v) is 1.76. The third-order valence-corrected chi connectivity index (χ3v) is 2.89. The fraction of sp³-hybridized carbons (Fsp3) is 0.273. The van der Waals surface area contributed by atoms with Crippen molar-refractivity contribution in [2.24, 2.45) is 5.73 Å². The van der Waals surface area contributed by atoms with Gasteiger partial charge in [-0.3, -0.25) is 0 Å². The Bertz CT molecular complexity index is 447. The summed E-state index contributed by atoms with van der Waals surface area (Å²) in [7, 11) is 0. The van der Waals surface area contributed by atoms with E-state index in [1.54, 1.807) is 0 Å². The summed E-state index contributed by atoms with van der Waals surface area (Å²) in [6.07, 6.45) is 1.81. The van der Waals surface area contributed by atoms with Gasteiger partial charge in [-0.1, -0.05) is 24.6 Å². The van der Waals surface area contributed by atoms with Crippen molar-refractivity contribution >= 4 is 22.5 Å². The first-order valence-electron chi connectivity index (χ1n) is 4.69. The zero-order valence-corrected chi connectivity index (χ0v) is 8.81. The fourth-order valence-electron chi connectivity index (χ4n) is 1.55. The van der Waals surface area contributed by atoms with Crippen molar-refractivity contribution in [1.82, 2.24) is 4.98 Å². The summed E-state index contributed by atoms with van der Waals surface area (Å²) in [6, 6.07) is 6.24. The minimum absolute atomic E-state index is 0.380. The number of H-pyrrole nitrogens is 1. The van der Waals surface area contributed by atoms with E-state index < -0.39 is 0 Å². The number of halogens is 1. The predicted octanol–water partition coefficient (Wildman–Crippen LogP) is 2.88. The van der Waals surface area contributed by atoms with Crippen LogP contribution in [0.5, 0.6) is 0 Å². The minimum atomic E-state index is 0.380. The molecule has 0 spiro atoms. The van der Waals surface area contributed by atoms with Gasteiger partial charge in [0.05, 0.1) is 5.02 Å². The van der Waals surface area contributed by atoms with Gasteiger partial charge in [-0.05, 0) is 30.2 Å². The lowest BCUT2D eigenvalue weighted by Crippen LogP contribution is -2.08. The third-order valence-electron chi connectivity index (χ3n) is 2.58. The van der Waals surface area contributed by atoms with Crippen molar-refractivity contribution in [3.63, 3.8) is 0 Å². The molecule has 1 heterocycles. The SMILES string of the molecule is CC(CN)c1ccc2[nH]cc(Cl)c2c1. The Morgan fingerprint density at radius 3 is 3.00 bits per heavy atom. The summed E-state index contributed by atoms with van der Waals surface area (Å²) in [6.45, 7) is 2.77. The van der Waals surface area contributed by atoms with Crippen molar-refractivity contribution in [1.29, 1.82) is 0 Å². The number of hydrogen-bond acceptors (Lipinski definition) is 1. The summed E-state index contributed by atoms with van der Waals surface area (Å²) in [5.74, 6) is 0.380. The minimum Gasteiger partial charge on any atom is -0.360 e. The van der Waals surface area contributed by atoms with Crippen LogP contribution in [0.2, 0.25) is 5.02 Å². The largest absolute Gasteiger partial charge is 0.360 e. The number of aromatic amines is 1. The van der Waals surface area contributed by atoms with E-state index in [1.165, 1.54) is 5.56 Å². The lowest BCUT2D eigenvalue weighted by atomic mass is 10.0. The predicted molar refractivity (Wildman–Crippen MR) is 60.8 cm³/mol. The van der Waals surface area contributed by atoms with Crippen LogP contribution in [0.4, 0.5) is 0 Å². The van der Waals surface area contributed by atoms with Crippen LogP contribution in [-0.4, -0.2) is 11.5 Å². The van der Waals surface area contributed by atoms with E-state index in [4.69, 9.17) is 17.3 Å². The molecule has 0 fully saturated rings. The zero-order valence-electron chi connectivity index (χ0n) is 8.05. The highest BCUT2D eigenvalue weighted by molar-refractivity contribution is 6.35. The maximum Gasteiger partial charge on any atom is 0.0659 e. The number of nitrogens with two attached hydrogens (primary N) is 1. The van der Waals surface area contributed by atoms with Crippen LogP contribution in [0.3, 0.4) is 0 Å². The molecule has 0 saturated carbocycles. The highest BCUT2D eigenvalue weighted by atomic mass is 35.5. The van der Waals surface area contributed by atoms with Crippen molar-refractivity contribution < 1.29 is 0 Å². The van der Waals surface area contributed by atoms with Crippen LogP contribution in [-0.2, 0) is 0 Å². The molecule has 0 aliphatic carbocycles. The topological polar surface area (TPSA) is 41.8 Å². The molecule has 2 rings (SSSR count). The van der Waals surface area contributed by atoms with Gasteiger partial charge in [-0.2, -0.15) is 0 Å². The van der Waals surface area contributed by atoms with Gasteiger partial charge >= 0.3 is 0 Å². The summed E-state index contributed by atoms with van der Waals surface area (Å²) >= 11 is 6.03. The average molecular weight is 209 g/mol. The molecule has 3 heteroatoms. The van der Waals surface area contributed by atoms with Gasteiger partial charge in [0.25, 0.3) is 0 Å². The molecule has 2 aromatic rings. The maximum atomic E-state index is 6.03. The van der Waals surface area contributed by atoms with Crippen LogP contribution in [0.1, 0.15) is 18.4 Å². The zero-order chi connectivity index (χ0) is 10.1. The van der Waals surface area contributed by atoms with Crippen LogP contribution in [0.25, 0.3) is 10.9 Å². The Morgan fingerprint density at radius 1 is 1.50 bits per heavy atom. The molecule has 0 aliphatic heterocycles. The van der Waals surface area contributed by atoms with E-state index >= 15 is 0 Å². The summed E-state index contributed by atoms with van der Waals surface area (Å²) in [4.78, 5) is 3.11. The van der Waals surface area contributed by atoms with E-state index in [9.17, 15) is 0 Å². The number of nitrogens with one attached hydrogen (secondary N) is 1. The Balaban J connectivity index is 2.54.